The quantitative estimate of drug-likeness (QED) is 0.542. The number of para-hydroxylation sites is 1. The summed E-state index contributed by atoms with van der Waals surface area (Å²) < 4.78 is 0. The number of benzene rings is 2. The highest BCUT2D eigenvalue weighted by molar-refractivity contribution is 7.99. The molecule has 0 amide bonds. The molecule has 1 unspecified atom stereocenters. The Morgan fingerprint density at radius 2 is 1.90 bits per heavy atom. The third kappa shape index (κ3) is 4.30. The molecule has 0 aliphatic heterocycles. The van der Waals surface area contributed by atoms with Gasteiger partial charge in [-0.2, -0.15) is 0 Å². The van der Waals surface area contributed by atoms with E-state index in [4.69, 9.17) is 0 Å². The SMILES string of the molecule is C=CCSc1ccccc1NC(CC)c1ccc(O)cc1. The Balaban J connectivity index is 2.18. The van der Waals surface area contributed by atoms with Gasteiger partial charge in [-0.3, -0.25) is 0 Å². The first-order chi connectivity index (χ1) is 10.2. The van der Waals surface area contributed by atoms with Crippen molar-refractivity contribution in [2.24, 2.45) is 0 Å². The highest BCUT2D eigenvalue weighted by Crippen LogP contribution is 2.31. The second-order valence-electron chi connectivity index (χ2n) is 4.79. The molecule has 2 rings (SSSR count). The van der Waals surface area contributed by atoms with Crippen LogP contribution in [0, 0.1) is 0 Å². The van der Waals surface area contributed by atoms with Crippen LogP contribution in [0.4, 0.5) is 5.69 Å². The normalized spacial score (nSPS) is 11.9. The lowest BCUT2D eigenvalue weighted by Gasteiger charge is -2.20. The Hall–Kier alpha value is -1.87. The van der Waals surface area contributed by atoms with Gasteiger partial charge in [0.15, 0.2) is 0 Å². The number of phenols is 1. The zero-order chi connectivity index (χ0) is 15.1. The summed E-state index contributed by atoms with van der Waals surface area (Å²) >= 11 is 1.78. The fraction of sp³-hybridized carbons (Fsp3) is 0.222. The number of aromatic hydroxyl groups is 1. The lowest BCUT2D eigenvalue weighted by Crippen LogP contribution is -2.10. The smallest absolute Gasteiger partial charge is 0.115 e. The van der Waals surface area contributed by atoms with Gasteiger partial charge in [-0.1, -0.05) is 37.3 Å². The van der Waals surface area contributed by atoms with E-state index in [0.717, 1.165) is 17.9 Å². The predicted molar refractivity (Wildman–Crippen MR) is 92.1 cm³/mol. The van der Waals surface area contributed by atoms with E-state index in [9.17, 15) is 5.11 Å². The van der Waals surface area contributed by atoms with Crippen molar-refractivity contribution in [3.8, 4) is 5.75 Å². The van der Waals surface area contributed by atoms with Crippen molar-refractivity contribution in [3.05, 3.63) is 66.7 Å². The molecule has 1 atom stereocenters. The summed E-state index contributed by atoms with van der Waals surface area (Å²) in [5.74, 6) is 1.20. The van der Waals surface area contributed by atoms with Crippen molar-refractivity contribution in [1.29, 1.82) is 0 Å². The number of rotatable bonds is 7. The first-order valence-corrected chi connectivity index (χ1v) is 8.11. The van der Waals surface area contributed by atoms with Crippen molar-refractivity contribution in [2.75, 3.05) is 11.1 Å². The van der Waals surface area contributed by atoms with E-state index in [-0.39, 0.29) is 6.04 Å². The summed E-state index contributed by atoms with van der Waals surface area (Å²) in [5, 5.41) is 13.0. The maximum atomic E-state index is 9.41. The molecule has 0 saturated heterocycles. The maximum Gasteiger partial charge on any atom is 0.115 e. The minimum atomic E-state index is 0.232. The molecule has 0 heterocycles. The molecule has 2 nitrogen and oxygen atoms in total. The zero-order valence-corrected chi connectivity index (χ0v) is 13.1. The van der Waals surface area contributed by atoms with Crippen LogP contribution in [-0.2, 0) is 0 Å². The Kier molecular flexibility index (Phi) is 5.76. The zero-order valence-electron chi connectivity index (χ0n) is 12.3. The fourth-order valence-corrected chi connectivity index (χ4v) is 2.93. The third-order valence-corrected chi connectivity index (χ3v) is 4.35. The van der Waals surface area contributed by atoms with Gasteiger partial charge in [0.2, 0.25) is 0 Å². The lowest BCUT2D eigenvalue weighted by atomic mass is 10.0. The molecule has 110 valence electrons. The van der Waals surface area contributed by atoms with E-state index in [2.05, 4.69) is 37.0 Å². The Morgan fingerprint density at radius 3 is 2.57 bits per heavy atom. The summed E-state index contributed by atoms with van der Waals surface area (Å²) in [6.45, 7) is 5.93. The average Bonchev–Trinajstić information content (AvgIpc) is 2.52. The van der Waals surface area contributed by atoms with Gasteiger partial charge < -0.3 is 10.4 Å². The predicted octanol–water partition coefficient (Wildman–Crippen LogP) is 5.23. The molecule has 2 N–H and O–H groups in total. The van der Waals surface area contributed by atoms with E-state index in [1.165, 1.54) is 10.5 Å². The van der Waals surface area contributed by atoms with Crippen molar-refractivity contribution in [3.63, 3.8) is 0 Å². The van der Waals surface area contributed by atoms with Gasteiger partial charge in [0.05, 0.1) is 6.04 Å². The minimum absolute atomic E-state index is 0.232. The molecule has 0 aliphatic rings. The van der Waals surface area contributed by atoms with Gasteiger partial charge in [-0.15, -0.1) is 18.3 Å². The van der Waals surface area contributed by atoms with Crippen molar-refractivity contribution in [1.82, 2.24) is 0 Å². The van der Waals surface area contributed by atoms with E-state index in [1.54, 1.807) is 23.9 Å². The monoisotopic (exact) mass is 299 g/mol. The summed E-state index contributed by atoms with van der Waals surface area (Å²) in [6, 6.07) is 16.0. The van der Waals surface area contributed by atoms with Crippen LogP contribution in [-0.4, -0.2) is 10.9 Å². The molecule has 0 saturated carbocycles. The molecule has 0 radical (unpaired) electrons. The molecular weight excluding hydrogens is 278 g/mol. The van der Waals surface area contributed by atoms with Crippen molar-refractivity contribution in [2.45, 2.75) is 24.3 Å². The summed E-state index contributed by atoms with van der Waals surface area (Å²) in [4.78, 5) is 1.23. The van der Waals surface area contributed by atoms with Crippen LogP contribution < -0.4 is 5.32 Å². The molecule has 0 fully saturated rings. The minimum Gasteiger partial charge on any atom is -0.508 e. The van der Waals surface area contributed by atoms with E-state index in [1.807, 2.05) is 24.3 Å². The number of nitrogens with one attached hydrogen (secondary N) is 1. The third-order valence-electron chi connectivity index (χ3n) is 3.28. The molecule has 0 bridgehead atoms. The van der Waals surface area contributed by atoms with Crippen LogP contribution in [0.5, 0.6) is 5.75 Å². The number of hydrogen-bond acceptors (Lipinski definition) is 3. The van der Waals surface area contributed by atoms with Gasteiger partial charge in [-0.25, -0.2) is 0 Å². The average molecular weight is 299 g/mol. The second kappa shape index (κ2) is 7.79. The van der Waals surface area contributed by atoms with Crippen molar-refractivity contribution >= 4 is 17.4 Å². The summed E-state index contributed by atoms with van der Waals surface area (Å²) in [6.07, 6.45) is 2.89. The second-order valence-corrected chi connectivity index (χ2v) is 5.85. The first-order valence-electron chi connectivity index (χ1n) is 7.12. The molecule has 2 aromatic rings. The Morgan fingerprint density at radius 1 is 1.19 bits per heavy atom. The largest absolute Gasteiger partial charge is 0.508 e. The summed E-state index contributed by atoms with van der Waals surface area (Å²) in [7, 11) is 0. The van der Waals surface area contributed by atoms with E-state index >= 15 is 0 Å². The van der Waals surface area contributed by atoms with Crippen molar-refractivity contribution < 1.29 is 5.11 Å². The number of hydrogen-bond donors (Lipinski definition) is 2. The first kappa shape index (κ1) is 15.5. The summed E-state index contributed by atoms with van der Waals surface area (Å²) in [5.41, 5.74) is 2.32. The van der Waals surface area contributed by atoms with Crippen LogP contribution >= 0.6 is 11.8 Å². The number of anilines is 1. The number of thioether (sulfide) groups is 1. The van der Waals surface area contributed by atoms with Gasteiger partial charge in [0.1, 0.15) is 5.75 Å². The number of phenolic OH excluding ortho intramolecular Hbond substituents is 1. The van der Waals surface area contributed by atoms with E-state index in [0.29, 0.717) is 5.75 Å². The Bertz CT molecular complexity index is 580. The van der Waals surface area contributed by atoms with Gasteiger partial charge in [-0.05, 0) is 36.2 Å². The van der Waals surface area contributed by atoms with Gasteiger partial charge in [0.25, 0.3) is 0 Å². The molecule has 0 aromatic heterocycles. The molecule has 2 aromatic carbocycles. The topological polar surface area (TPSA) is 32.3 Å². The lowest BCUT2D eigenvalue weighted by molar-refractivity contribution is 0.475. The highest BCUT2D eigenvalue weighted by Gasteiger charge is 2.11. The highest BCUT2D eigenvalue weighted by atomic mass is 32.2. The molecule has 3 heteroatoms. The maximum absolute atomic E-state index is 9.41. The molecular formula is C18H21NOS. The van der Waals surface area contributed by atoms with Crippen LogP contribution in [0.2, 0.25) is 0 Å². The van der Waals surface area contributed by atoms with Crippen LogP contribution in [0.3, 0.4) is 0 Å². The standard InChI is InChI=1S/C18H21NOS/c1-3-13-21-18-8-6-5-7-17(18)19-16(4-2)14-9-11-15(20)12-10-14/h3,5-12,16,19-20H,1,4,13H2,2H3. The molecule has 0 spiro atoms. The van der Waals surface area contributed by atoms with Gasteiger partial charge in [0, 0.05) is 16.3 Å². The molecule has 0 aliphatic carbocycles. The van der Waals surface area contributed by atoms with Crippen LogP contribution in [0.15, 0.2) is 66.1 Å². The molecule has 21 heavy (non-hydrogen) atoms. The van der Waals surface area contributed by atoms with E-state index < -0.39 is 0 Å². The Labute approximate surface area is 130 Å². The fourth-order valence-electron chi connectivity index (χ4n) is 2.18. The van der Waals surface area contributed by atoms with Gasteiger partial charge >= 0.3 is 0 Å². The van der Waals surface area contributed by atoms with Crippen LogP contribution in [0.1, 0.15) is 24.9 Å². The van der Waals surface area contributed by atoms with Crippen LogP contribution in [0.25, 0.3) is 0 Å².